The molecule has 0 spiro atoms. The van der Waals surface area contributed by atoms with Gasteiger partial charge in [-0.15, -0.1) is 0 Å². The number of benzene rings is 1. The minimum Gasteiger partial charge on any atom is -0.508 e. The quantitative estimate of drug-likeness (QED) is 0.381. The van der Waals surface area contributed by atoms with Gasteiger partial charge in [0.15, 0.2) is 22.6 Å². The highest BCUT2D eigenvalue weighted by atomic mass is 16.7. The van der Waals surface area contributed by atoms with E-state index in [4.69, 9.17) is 9.47 Å². The number of aliphatic hydroxyl groups excluding tert-OH is 3. The Balaban J connectivity index is 1.70. The van der Waals surface area contributed by atoms with Gasteiger partial charge in [-0.2, -0.15) is 0 Å². The molecular formula is C19H20O9. The van der Waals surface area contributed by atoms with E-state index in [9.17, 15) is 35.1 Å². The Labute approximate surface area is 159 Å². The predicted octanol–water partition coefficient (Wildman–Crippen LogP) is -1.41. The van der Waals surface area contributed by atoms with Crippen molar-refractivity contribution in [1.29, 1.82) is 0 Å². The number of epoxide rings is 2. The largest absolute Gasteiger partial charge is 0.508 e. The maximum absolute atomic E-state index is 13.2. The lowest BCUT2D eigenvalue weighted by Crippen LogP contribution is -2.74. The van der Waals surface area contributed by atoms with E-state index in [1.165, 1.54) is 25.1 Å². The fourth-order valence-corrected chi connectivity index (χ4v) is 5.23. The molecule has 28 heavy (non-hydrogen) atoms. The molecule has 9 atom stereocenters. The summed E-state index contributed by atoms with van der Waals surface area (Å²) < 4.78 is 10.7. The first kappa shape index (κ1) is 18.2. The summed E-state index contributed by atoms with van der Waals surface area (Å²) in [6, 6.07) is 4.04. The number of ketones is 2. The molecule has 1 aromatic carbocycles. The summed E-state index contributed by atoms with van der Waals surface area (Å²) in [5.41, 5.74) is -6.92. The van der Waals surface area contributed by atoms with Crippen molar-refractivity contribution in [2.24, 2.45) is 5.92 Å². The minimum absolute atomic E-state index is 0.0463. The van der Waals surface area contributed by atoms with E-state index in [0.717, 1.165) is 0 Å². The van der Waals surface area contributed by atoms with Crippen molar-refractivity contribution in [3.8, 4) is 5.75 Å². The predicted molar refractivity (Wildman–Crippen MR) is 89.4 cm³/mol. The van der Waals surface area contributed by atoms with Crippen LogP contribution in [-0.2, 0) is 14.3 Å². The fourth-order valence-electron chi connectivity index (χ4n) is 5.23. The van der Waals surface area contributed by atoms with Gasteiger partial charge < -0.3 is 35.0 Å². The van der Waals surface area contributed by atoms with Crippen molar-refractivity contribution in [2.75, 3.05) is 0 Å². The summed E-state index contributed by atoms with van der Waals surface area (Å²) in [4.78, 5) is 26.1. The minimum atomic E-state index is -2.52. The molecule has 3 fully saturated rings. The van der Waals surface area contributed by atoms with E-state index >= 15 is 0 Å². The molecule has 2 aliphatic carbocycles. The van der Waals surface area contributed by atoms with Gasteiger partial charge in [-0.1, -0.05) is 19.1 Å². The van der Waals surface area contributed by atoms with Crippen molar-refractivity contribution < 1.29 is 44.6 Å². The Morgan fingerprint density at radius 1 is 1.18 bits per heavy atom. The summed E-state index contributed by atoms with van der Waals surface area (Å²) >= 11 is 0. The van der Waals surface area contributed by atoms with Crippen LogP contribution in [0.3, 0.4) is 0 Å². The molecule has 0 radical (unpaired) electrons. The van der Waals surface area contributed by atoms with Gasteiger partial charge in [-0.3, -0.25) is 9.59 Å². The van der Waals surface area contributed by atoms with E-state index in [1.54, 1.807) is 6.92 Å². The zero-order valence-electron chi connectivity index (χ0n) is 15.1. The highest BCUT2D eigenvalue weighted by Crippen LogP contribution is 2.70. The van der Waals surface area contributed by atoms with Gasteiger partial charge in [0.05, 0.1) is 12.2 Å². The number of aliphatic hydroxyl groups is 4. The molecule has 5 rings (SSSR count). The Kier molecular flexibility index (Phi) is 3.24. The SMILES string of the molecule is C[C@@H]1O[C@@H]1C(=O)[C@]1(O)[C@H](C)[C@H](O)[C@]23O[C@@]2([C@@H]1O)[C@@H](O)c1c(O)cccc1C3=O. The molecule has 1 aromatic rings. The molecule has 1 saturated carbocycles. The van der Waals surface area contributed by atoms with Crippen LogP contribution in [0, 0.1) is 5.92 Å². The first-order chi connectivity index (χ1) is 13.1. The molecule has 0 amide bonds. The van der Waals surface area contributed by atoms with E-state index < -0.39 is 70.6 Å². The number of carbonyl (C=O) groups excluding carboxylic acids is 2. The fraction of sp³-hybridized carbons (Fsp3) is 0.579. The first-order valence-corrected chi connectivity index (χ1v) is 9.10. The van der Waals surface area contributed by atoms with Gasteiger partial charge in [-0.05, 0) is 13.0 Å². The average molecular weight is 392 g/mol. The van der Waals surface area contributed by atoms with Crippen molar-refractivity contribution in [2.45, 2.75) is 61.2 Å². The van der Waals surface area contributed by atoms with Crippen molar-refractivity contribution in [1.82, 2.24) is 0 Å². The lowest BCUT2D eigenvalue weighted by molar-refractivity contribution is -0.198. The van der Waals surface area contributed by atoms with Crippen LogP contribution in [0.2, 0.25) is 0 Å². The van der Waals surface area contributed by atoms with Crippen LogP contribution >= 0.6 is 0 Å². The third kappa shape index (κ3) is 1.62. The molecule has 0 unspecified atom stereocenters. The molecule has 0 bridgehead atoms. The van der Waals surface area contributed by atoms with Crippen molar-refractivity contribution in [3.05, 3.63) is 29.3 Å². The van der Waals surface area contributed by atoms with Gasteiger partial charge in [-0.25, -0.2) is 0 Å². The van der Waals surface area contributed by atoms with Crippen LogP contribution in [0.1, 0.15) is 35.9 Å². The Bertz CT molecular complexity index is 930. The standard InChI is InChI=1S/C19H20O9/c1-6-12(21)18-13(22)8-4-3-5-9(20)10(8)14(23)19(18,28-18)16(25)17(6,26)15(24)11-7(2)27-11/h3-7,11-12,14,16,20-21,23,25-26H,1-2H3/t6-,7+,11+,12+,14+,16-,17-,18-,19-/m1/s1. The second kappa shape index (κ2) is 4.99. The van der Waals surface area contributed by atoms with E-state index in [-0.39, 0.29) is 11.1 Å². The maximum atomic E-state index is 13.2. The van der Waals surface area contributed by atoms with Gasteiger partial charge in [0.2, 0.25) is 5.78 Å². The van der Waals surface area contributed by atoms with Crippen LogP contribution in [0.15, 0.2) is 18.2 Å². The lowest BCUT2D eigenvalue weighted by Gasteiger charge is -2.49. The molecule has 4 aliphatic rings. The van der Waals surface area contributed by atoms with Gasteiger partial charge in [0.1, 0.15) is 24.1 Å². The molecule has 2 heterocycles. The number of Topliss-reactive ketones (excluding diaryl/α,β-unsaturated/α-hetero) is 2. The number of ether oxygens (including phenoxy) is 2. The number of rotatable bonds is 2. The van der Waals surface area contributed by atoms with Gasteiger partial charge in [0.25, 0.3) is 0 Å². The number of aromatic hydroxyl groups is 1. The number of fused-ring (bicyclic) bond motifs is 1. The lowest BCUT2D eigenvalue weighted by atomic mass is 9.55. The number of phenols is 1. The van der Waals surface area contributed by atoms with E-state index in [2.05, 4.69) is 0 Å². The van der Waals surface area contributed by atoms with Crippen molar-refractivity contribution in [3.63, 3.8) is 0 Å². The van der Waals surface area contributed by atoms with Crippen LogP contribution in [0.5, 0.6) is 5.75 Å². The van der Waals surface area contributed by atoms with Crippen LogP contribution in [0.25, 0.3) is 0 Å². The molecule has 0 aromatic heterocycles. The molecule has 150 valence electrons. The molecule has 2 saturated heterocycles. The smallest absolute Gasteiger partial charge is 0.201 e. The normalized spacial score (nSPS) is 51.0. The Morgan fingerprint density at radius 2 is 1.82 bits per heavy atom. The van der Waals surface area contributed by atoms with Gasteiger partial charge in [0, 0.05) is 17.0 Å². The Morgan fingerprint density at radius 3 is 2.43 bits per heavy atom. The first-order valence-electron chi connectivity index (χ1n) is 9.10. The molecule has 9 heteroatoms. The number of phenolic OH excluding ortho intramolecular Hbond substituents is 1. The van der Waals surface area contributed by atoms with Crippen LogP contribution < -0.4 is 0 Å². The zero-order valence-corrected chi connectivity index (χ0v) is 15.1. The number of hydrogen-bond donors (Lipinski definition) is 5. The molecule has 5 N–H and O–H groups in total. The second-order valence-electron chi connectivity index (χ2n) is 8.19. The zero-order chi connectivity index (χ0) is 20.4. The van der Waals surface area contributed by atoms with E-state index in [1.807, 2.05) is 0 Å². The summed E-state index contributed by atoms with van der Waals surface area (Å²) in [6.45, 7) is 2.95. The number of hydrogen-bond acceptors (Lipinski definition) is 9. The van der Waals surface area contributed by atoms with Crippen LogP contribution in [-0.4, -0.2) is 78.3 Å². The topological polar surface area (TPSA) is 160 Å². The third-order valence-corrected chi connectivity index (χ3v) is 6.98. The Hall–Kier alpha value is -1.88. The molecule has 2 aliphatic heterocycles. The highest BCUT2D eigenvalue weighted by Gasteiger charge is 2.92. The van der Waals surface area contributed by atoms with Gasteiger partial charge >= 0.3 is 0 Å². The summed E-state index contributed by atoms with van der Waals surface area (Å²) in [5.74, 6) is -3.25. The summed E-state index contributed by atoms with van der Waals surface area (Å²) in [7, 11) is 0. The average Bonchev–Trinajstić information content (AvgIpc) is 3.57. The summed E-state index contributed by atoms with van der Waals surface area (Å²) in [6.07, 6.45) is -6.89. The van der Waals surface area contributed by atoms with Crippen molar-refractivity contribution >= 4 is 11.6 Å². The monoisotopic (exact) mass is 392 g/mol. The van der Waals surface area contributed by atoms with Crippen LogP contribution in [0.4, 0.5) is 0 Å². The summed E-state index contributed by atoms with van der Waals surface area (Å²) in [5, 5.41) is 54.4. The molecular weight excluding hydrogens is 372 g/mol. The second-order valence-corrected chi connectivity index (χ2v) is 8.19. The third-order valence-electron chi connectivity index (χ3n) is 6.98. The number of carbonyl (C=O) groups is 2. The van der Waals surface area contributed by atoms with E-state index in [0.29, 0.717) is 0 Å². The molecule has 9 nitrogen and oxygen atoms in total. The maximum Gasteiger partial charge on any atom is 0.201 e. The highest BCUT2D eigenvalue weighted by molar-refractivity contribution is 6.10.